The molecule has 0 bridgehead atoms. The van der Waals surface area contributed by atoms with Crippen LogP contribution in [0.15, 0.2) is 30.3 Å². The zero-order chi connectivity index (χ0) is 10.6. The quantitative estimate of drug-likeness (QED) is 0.678. The Morgan fingerprint density at radius 3 is 2.21 bits per heavy atom. The summed E-state index contributed by atoms with van der Waals surface area (Å²) in [5, 5.41) is 3.49. The third-order valence-electron chi connectivity index (χ3n) is 2.02. The highest BCUT2D eigenvalue weighted by atomic mass is 16.2. The maximum Gasteiger partial charge on any atom is 0.234 e. The van der Waals surface area contributed by atoms with E-state index in [0.717, 1.165) is 5.56 Å². The Balaban J connectivity index is 2.70. The van der Waals surface area contributed by atoms with Crippen molar-refractivity contribution in [3.8, 4) is 0 Å². The van der Waals surface area contributed by atoms with Gasteiger partial charge in [0.05, 0.1) is 6.54 Å². The highest BCUT2D eigenvalue weighted by molar-refractivity contribution is 5.72. The van der Waals surface area contributed by atoms with Crippen LogP contribution in [0.5, 0.6) is 0 Å². The van der Waals surface area contributed by atoms with E-state index in [4.69, 9.17) is 0 Å². The van der Waals surface area contributed by atoms with Crippen LogP contribution in [0.25, 0.3) is 0 Å². The van der Waals surface area contributed by atoms with Crippen molar-refractivity contribution in [2.24, 2.45) is 0 Å². The van der Waals surface area contributed by atoms with Crippen LogP contribution in [0.4, 0.5) is 0 Å². The molecular formula is C11H16N2O. The zero-order valence-corrected chi connectivity index (χ0v) is 8.90. The predicted octanol–water partition coefficient (Wildman–Crippen LogP) is 1.51. The van der Waals surface area contributed by atoms with Crippen LogP contribution in [0.2, 0.25) is 0 Å². The Labute approximate surface area is 84.9 Å². The predicted molar refractivity (Wildman–Crippen MR) is 56.4 cm³/mol. The number of rotatable bonds is 3. The molecule has 0 heterocycles. The molecule has 0 radical (unpaired) electrons. The van der Waals surface area contributed by atoms with Crippen LogP contribution in [0.3, 0.4) is 0 Å². The molecule has 3 nitrogen and oxygen atoms in total. The highest BCUT2D eigenvalue weighted by Crippen LogP contribution is 2.05. The Morgan fingerprint density at radius 2 is 1.79 bits per heavy atom. The minimum absolute atomic E-state index is 0.0545. The van der Waals surface area contributed by atoms with Gasteiger partial charge in [0.25, 0.3) is 0 Å². The molecule has 0 unspecified atom stereocenters. The molecule has 0 aliphatic carbocycles. The molecule has 0 N–H and O–H groups in total. The third-order valence-corrected chi connectivity index (χ3v) is 2.02. The minimum Gasteiger partial charge on any atom is -0.274 e. The second-order valence-electron chi connectivity index (χ2n) is 3.41. The van der Waals surface area contributed by atoms with Crippen molar-refractivity contribution in [2.45, 2.75) is 13.5 Å². The fourth-order valence-corrected chi connectivity index (χ4v) is 1.29. The summed E-state index contributed by atoms with van der Waals surface area (Å²) in [5.41, 5.74) is 1.14. The van der Waals surface area contributed by atoms with Gasteiger partial charge >= 0.3 is 0 Å². The first-order valence-electron chi connectivity index (χ1n) is 4.60. The number of carbonyl (C=O) groups excluding carboxylic acids is 1. The second-order valence-corrected chi connectivity index (χ2v) is 3.41. The van der Waals surface area contributed by atoms with E-state index in [2.05, 4.69) is 0 Å². The first-order valence-corrected chi connectivity index (χ1v) is 4.60. The maximum absolute atomic E-state index is 11.3. The van der Waals surface area contributed by atoms with Gasteiger partial charge in [-0.25, -0.2) is 5.01 Å². The van der Waals surface area contributed by atoms with Crippen molar-refractivity contribution in [1.29, 1.82) is 0 Å². The summed E-state index contributed by atoms with van der Waals surface area (Å²) in [6.45, 7) is 2.20. The van der Waals surface area contributed by atoms with Crippen molar-refractivity contribution in [3.05, 3.63) is 35.9 Å². The van der Waals surface area contributed by atoms with Crippen molar-refractivity contribution in [1.82, 2.24) is 10.0 Å². The molecule has 14 heavy (non-hydrogen) atoms. The Bertz CT molecular complexity index is 295. The SMILES string of the molecule is CC(=O)N(Cc1ccccc1)N(C)C. The van der Waals surface area contributed by atoms with E-state index in [1.165, 1.54) is 0 Å². The van der Waals surface area contributed by atoms with Crippen LogP contribution >= 0.6 is 0 Å². The average molecular weight is 192 g/mol. The van der Waals surface area contributed by atoms with Crippen LogP contribution < -0.4 is 0 Å². The van der Waals surface area contributed by atoms with Crippen molar-refractivity contribution in [3.63, 3.8) is 0 Å². The van der Waals surface area contributed by atoms with E-state index in [1.54, 1.807) is 16.9 Å². The van der Waals surface area contributed by atoms with Gasteiger partial charge in [0, 0.05) is 21.0 Å². The molecule has 0 fully saturated rings. The van der Waals surface area contributed by atoms with E-state index in [9.17, 15) is 4.79 Å². The first kappa shape index (κ1) is 10.7. The molecule has 0 atom stereocenters. The number of hydrogen-bond acceptors (Lipinski definition) is 2. The Kier molecular flexibility index (Phi) is 3.65. The molecule has 76 valence electrons. The van der Waals surface area contributed by atoms with Crippen LogP contribution in [-0.2, 0) is 11.3 Å². The van der Waals surface area contributed by atoms with E-state index >= 15 is 0 Å². The molecule has 0 saturated carbocycles. The van der Waals surface area contributed by atoms with Gasteiger partial charge in [-0.3, -0.25) is 9.80 Å². The van der Waals surface area contributed by atoms with Gasteiger partial charge in [-0.2, -0.15) is 0 Å². The third kappa shape index (κ3) is 2.85. The van der Waals surface area contributed by atoms with Gasteiger partial charge in [-0.1, -0.05) is 30.3 Å². The topological polar surface area (TPSA) is 23.6 Å². The van der Waals surface area contributed by atoms with Crippen molar-refractivity contribution in [2.75, 3.05) is 14.1 Å². The fourth-order valence-electron chi connectivity index (χ4n) is 1.29. The summed E-state index contributed by atoms with van der Waals surface area (Å²) in [7, 11) is 3.73. The number of hydrazine groups is 1. The summed E-state index contributed by atoms with van der Waals surface area (Å²) in [5.74, 6) is 0.0545. The Morgan fingerprint density at radius 1 is 1.21 bits per heavy atom. The lowest BCUT2D eigenvalue weighted by Gasteiger charge is -2.27. The molecule has 1 amide bonds. The van der Waals surface area contributed by atoms with Crippen LogP contribution in [0, 0.1) is 0 Å². The van der Waals surface area contributed by atoms with Crippen molar-refractivity contribution < 1.29 is 4.79 Å². The average Bonchev–Trinajstić information content (AvgIpc) is 2.15. The lowest BCUT2D eigenvalue weighted by Crippen LogP contribution is -2.39. The molecule has 1 aromatic carbocycles. The molecular weight excluding hydrogens is 176 g/mol. The number of benzene rings is 1. The van der Waals surface area contributed by atoms with Gasteiger partial charge in [0.2, 0.25) is 5.91 Å². The van der Waals surface area contributed by atoms with Gasteiger partial charge in [0.15, 0.2) is 0 Å². The smallest absolute Gasteiger partial charge is 0.234 e. The van der Waals surface area contributed by atoms with Crippen molar-refractivity contribution >= 4 is 5.91 Å². The van der Waals surface area contributed by atoms with E-state index in [-0.39, 0.29) is 5.91 Å². The van der Waals surface area contributed by atoms with Crippen LogP contribution in [0.1, 0.15) is 12.5 Å². The summed E-state index contributed by atoms with van der Waals surface area (Å²) in [4.78, 5) is 11.3. The summed E-state index contributed by atoms with van der Waals surface area (Å²) >= 11 is 0. The van der Waals surface area contributed by atoms with E-state index in [0.29, 0.717) is 6.54 Å². The van der Waals surface area contributed by atoms with E-state index in [1.807, 2.05) is 44.4 Å². The number of nitrogens with zero attached hydrogens (tertiary/aromatic N) is 2. The molecule has 0 saturated heterocycles. The monoisotopic (exact) mass is 192 g/mol. The van der Waals surface area contributed by atoms with Gasteiger partial charge < -0.3 is 0 Å². The molecule has 1 aromatic rings. The second kappa shape index (κ2) is 4.77. The first-order chi connectivity index (χ1) is 6.61. The standard InChI is InChI=1S/C11H16N2O/c1-10(14)13(12(2)3)9-11-7-5-4-6-8-11/h4-8H,9H2,1-3H3. The molecule has 3 heteroatoms. The summed E-state index contributed by atoms with van der Waals surface area (Å²) in [6.07, 6.45) is 0. The summed E-state index contributed by atoms with van der Waals surface area (Å²) < 4.78 is 0. The fraction of sp³-hybridized carbons (Fsp3) is 0.364. The Hall–Kier alpha value is -1.35. The lowest BCUT2D eigenvalue weighted by molar-refractivity contribution is -0.143. The highest BCUT2D eigenvalue weighted by Gasteiger charge is 2.10. The minimum atomic E-state index is 0.0545. The molecule has 0 aromatic heterocycles. The zero-order valence-electron chi connectivity index (χ0n) is 8.90. The molecule has 1 rings (SSSR count). The maximum atomic E-state index is 11.3. The number of carbonyl (C=O) groups is 1. The molecule has 0 aliphatic rings. The number of hydrogen-bond donors (Lipinski definition) is 0. The largest absolute Gasteiger partial charge is 0.274 e. The molecule has 0 spiro atoms. The van der Waals surface area contributed by atoms with Gasteiger partial charge in [-0.15, -0.1) is 0 Å². The van der Waals surface area contributed by atoms with Gasteiger partial charge in [0.1, 0.15) is 0 Å². The van der Waals surface area contributed by atoms with Crippen LogP contribution in [-0.4, -0.2) is 30.0 Å². The molecule has 0 aliphatic heterocycles. The van der Waals surface area contributed by atoms with Gasteiger partial charge in [-0.05, 0) is 5.56 Å². The van der Waals surface area contributed by atoms with E-state index < -0.39 is 0 Å². The lowest BCUT2D eigenvalue weighted by atomic mass is 10.2. The normalized spacial score (nSPS) is 10.3. The number of amides is 1. The summed E-state index contributed by atoms with van der Waals surface area (Å²) in [6, 6.07) is 9.95.